The third-order valence-corrected chi connectivity index (χ3v) is 5.42. The van der Waals surface area contributed by atoms with Gasteiger partial charge in [0.15, 0.2) is 0 Å². The van der Waals surface area contributed by atoms with Crippen molar-refractivity contribution >= 4 is 12.2 Å². The van der Waals surface area contributed by atoms with Crippen molar-refractivity contribution in [2.75, 3.05) is 13.2 Å². The van der Waals surface area contributed by atoms with Crippen molar-refractivity contribution in [2.24, 2.45) is 0 Å². The first-order valence-corrected chi connectivity index (χ1v) is 10.3. The number of hydrogen-bond donors (Lipinski definition) is 1. The number of hydrogen-bond acceptors (Lipinski definition) is 2. The van der Waals surface area contributed by atoms with Crippen molar-refractivity contribution in [2.45, 2.75) is 18.8 Å². The SMILES string of the molecule is O=C(NCCC=Cc1ccc(C(F)F)cc1)OCC1c2ccccc2-c2ccccc21. The van der Waals surface area contributed by atoms with Gasteiger partial charge < -0.3 is 10.1 Å². The van der Waals surface area contributed by atoms with Gasteiger partial charge in [-0.2, -0.15) is 0 Å². The number of carbonyl (C=O) groups excluding carboxylic acids is 1. The molecule has 0 saturated carbocycles. The molecule has 0 unspecified atom stereocenters. The Morgan fingerprint density at radius 3 is 2.16 bits per heavy atom. The highest BCUT2D eigenvalue weighted by Crippen LogP contribution is 2.44. The van der Waals surface area contributed by atoms with Crippen LogP contribution in [0, 0.1) is 0 Å². The van der Waals surface area contributed by atoms with Crippen LogP contribution in [0.15, 0.2) is 78.9 Å². The largest absolute Gasteiger partial charge is 0.449 e. The predicted molar refractivity (Wildman–Crippen MR) is 118 cm³/mol. The average Bonchev–Trinajstić information content (AvgIpc) is 3.11. The first-order valence-electron chi connectivity index (χ1n) is 10.3. The second-order valence-corrected chi connectivity index (χ2v) is 7.41. The van der Waals surface area contributed by atoms with Gasteiger partial charge in [0.2, 0.25) is 0 Å². The summed E-state index contributed by atoms with van der Waals surface area (Å²) in [5.74, 6) is 0.0363. The maximum atomic E-state index is 12.6. The molecular formula is C26H23F2NO2. The van der Waals surface area contributed by atoms with Crippen LogP contribution >= 0.6 is 0 Å². The number of carbonyl (C=O) groups is 1. The molecule has 0 bridgehead atoms. The van der Waals surface area contributed by atoms with Crippen molar-refractivity contribution < 1.29 is 18.3 Å². The van der Waals surface area contributed by atoms with Gasteiger partial charge in [-0.05, 0) is 34.2 Å². The number of alkyl halides is 2. The van der Waals surface area contributed by atoms with E-state index in [9.17, 15) is 13.6 Å². The highest BCUT2D eigenvalue weighted by Gasteiger charge is 2.28. The zero-order chi connectivity index (χ0) is 21.6. The maximum Gasteiger partial charge on any atom is 0.407 e. The molecule has 5 heteroatoms. The molecule has 0 heterocycles. The van der Waals surface area contributed by atoms with Gasteiger partial charge in [-0.15, -0.1) is 0 Å². The number of fused-ring (bicyclic) bond motifs is 3. The van der Waals surface area contributed by atoms with Crippen LogP contribution in [-0.4, -0.2) is 19.2 Å². The number of nitrogens with one attached hydrogen (secondary N) is 1. The van der Waals surface area contributed by atoms with Gasteiger partial charge in [0.05, 0.1) is 0 Å². The number of alkyl carbamates (subject to hydrolysis) is 1. The first-order chi connectivity index (χ1) is 15.1. The molecule has 0 aromatic heterocycles. The number of halogens is 2. The first kappa shape index (κ1) is 20.8. The lowest BCUT2D eigenvalue weighted by Gasteiger charge is -2.14. The summed E-state index contributed by atoms with van der Waals surface area (Å²) in [5.41, 5.74) is 5.59. The van der Waals surface area contributed by atoms with E-state index in [-0.39, 0.29) is 18.1 Å². The van der Waals surface area contributed by atoms with Crippen molar-refractivity contribution in [3.8, 4) is 11.1 Å². The Morgan fingerprint density at radius 1 is 0.935 bits per heavy atom. The molecule has 0 fully saturated rings. The lowest BCUT2D eigenvalue weighted by molar-refractivity contribution is 0.143. The van der Waals surface area contributed by atoms with Crippen LogP contribution in [0.3, 0.4) is 0 Å². The molecule has 158 valence electrons. The summed E-state index contributed by atoms with van der Waals surface area (Å²) in [6, 6.07) is 22.5. The molecule has 1 aliphatic rings. The molecule has 0 saturated heterocycles. The fourth-order valence-electron chi connectivity index (χ4n) is 3.88. The molecule has 0 atom stereocenters. The minimum absolute atomic E-state index is 0.00840. The minimum atomic E-state index is -2.46. The molecule has 1 N–H and O–H groups in total. The molecule has 3 aromatic carbocycles. The number of ether oxygens (including phenoxy) is 1. The van der Waals surface area contributed by atoms with E-state index >= 15 is 0 Å². The Bertz CT molecular complexity index is 1030. The Hall–Kier alpha value is -3.47. The van der Waals surface area contributed by atoms with Gasteiger partial charge >= 0.3 is 6.09 Å². The Morgan fingerprint density at radius 2 is 1.55 bits per heavy atom. The summed E-state index contributed by atoms with van der Waals surface area (Å²) >= 11 is 0. The topological polar surface area (TPSA) is 38.3 Å². The number of benzene rings is 3. The van der Waals surface area contributed by atoms with Gasteiger partial charge in [-0.3, -0.25) is 0 Å². The highest BCUT2D eigenvalue weighted by molar-refractivity contribution is 5.79. The maximum absolute atomic E-state index is 12.6. The molecule has 0 radical (unpaired) electrons. The summed E-state index contributed by atoms with van der Waals surface area (Å²) in [7, 11) is 0. The van der Waals surface area contributed by atoms with Crippen LogP contribution < -0.4 is 5.32 Å². The van der Waals surface area contributed by atoms with E-state index in [0.717, 1.165) is 5.56 Å². The summed E-state index contributed by atoms with van der Waals surface area (Å²) in [6.45, 7) is 0.717. The molecule has 31 heavy (non-hydrogen) atoms. The van der Waals surface area contributed by atoms with Crippen molar-refractivity contribution in [1.29, 1.82) is 0 Å². The summed E-state index contributed by atoms with van der Waals surface area (Å²) < 4.78 is 30.6. The summed E-state index contributed by atoms with van der Waals surface area (Å²) in [6.07, 6.45) is 1.44. The minimum Gasteiger partial charge on any atom is -0.449 e. The van der Waals surface area contributed by atoms with E-state index in [0.29, 0.717) is 13.0 Å². The van der Waals surface area contributed by atoms with E-state index < -0.39 is 12.5 Å². The fourth-order valence-corrected chi connectivity index (χ4v) is 3.88. The van der Waals surface area contributed by atoms with E-state index in [1.807, 2.05) is 36.4 Å². The molecule has 4 rings (SSSR count). The third-order valence-electron chi connectivity index (χ3n) is 5.42. The molecule has 0 spiro atoms. The van der Waals surface area contributed by atoms with Crippen LogP contribution in [0.25, 0.3) is 17.2 Å². The van der Waals surface area contributed by atoms with Crippen LogP contribution in [0.2, 0.25) is 0 Å². The molecule has 3 aromatic rings. The summed E-state index contributed by atoms with van der Waals surface area (Å²) in [4.78, 5) is 12.1. The monoisotopic (exact) mass is 419 g/mol. The third kappa shape index (κ3) is 4.82. The molecule has 1 amide bonds. The number of rotatable bonds is 7. The zero-order valence-electron chi connectivity index (χ0n) is 16.9. The lowest BCUT2D eigenvalue weighted by Crippen LogP contribution is -2.26. The van der Waals surface area contributed by atoms with E-state index in [1.165, 1.54) is 34.4 Å². The average molecular weight is 419 g/mol. The number of amides is 1. The highest BCUT2D eigenvalue weighted by atomic mass is 19.3. The standard InChI is InChI=1S/C26H23F2NO2/c27-25(28)19-14-12-18(13-15-19)7-5-6-16-29-26(30)31-17-24-22-10-3-1-8-20(22)21-9-2-4-11-23(21)24/h1-5,7-15,24-25H,6,16-17H2,(H,29,30). The van der Waals surface area contributed by atoms with Gasteiger partial charge in [-0.25, -0.2) is 13.6 Å². The lowest BCUT2D eigenvalue weighted by atomic mass is 9.98. The van der Waals surface area contributed by atoms with Crippen molar-refractivity contribution in [1.82, 2.24) is 5.32 Å². The molecule has 0 aliphatic heterocycles. The van der Waals surface area contributed by atoms with Gasteiger partial charge in [0.1, 0.15) is 6.61 Å². The van der Waals surface area contributed by atoms with E-state index in [2.05, 4.69) is 29.6 Å². The predicted octanol–water partition coefficient (Wildman–Crippen LogP) is 6.57. The quantitative estimate of drug-likeness (QED) is 0.440. The van der Waals surface area contributed by atoms with Gasteiger partial charge in [0.25, 0.3) is 6.43 Å². The molecule has 3 nitrogen and oxygen atoms in total. The normalized spacial score (nSPS) is 12.7. The fraction of sp³-hybridized carbons (Fsp3) is 0.192. The van der Waals surface area contributed by atoms with E-state index in [1.54, 1.807) is 12.1 Å². The van der Waals surface area contributed by atoms with Crippen LogP contribution in [0.5, 0.6) is 0 Å². The second kappa shape index (κ2) is 9.56. The Labute approximate surface area is 180 Å². The summed E-state index contributed by atoms with van der Waals surface area (Å²) in [5, 5.41) is 2.75. The molecule has 1 aliphatic carbocycles. The van der Waals surface area contributed by atoms with E-state index in [4.69, 9.17) is 4.74 Å². The smallest absolute Gasteiger partial charge is 0.407 e. The van der Waals surface area contributed by atoms with Crippen LogP contribution in [0.1, 0.15) is 41.0 Å². The Kier molecular flexibility index (Phi) is 6.41. The molecular weight excluding hydrogens is 396 g/mol. The Balaban J connectivity index is 1.25. The van der Waals surface area contributed by atoms with Gasteiger partial charge in [0, 0.05) is 18.0 Å². The van der Waals surface area contributed by atoms with Crippen molar-refractivity contribution in [3.63, 3.8) is 0 Å². The van der Waals surface area contributed by atoms with Gasteiger partial charge in [-0.1, -0.05) is 84.9 Å². The zero-order valence-corrected chi connectivity index (χ0v) is 16.9. The second-order valence-electron chi connectivity index (χ2n) is 7.41. The van der Waals surface area contributed by atoms with Crippen LogP contribution in [0.4, 0.5) is 13.6 Å². The van der Waals surface area contributed by atoms with Crippen LogP contribution in [-0.2, 0) is 4.74 Å². The van der Waals surface area contributed by atoms with Crippen molar-refractivity contribution in [3.05, 3.63) is 101 Å².